The molecule has 0 aliphatic heterocycles. The van der Waals surface area contributed by atoms with E-state index in [0.29, 0.717) is 0 Å². The van der Waals surface area contributed by atoms with E-state index in [1.807, 2.05) is 6.92 Å². The lowest BCUT2D eigenvalue weighted by atomic mass is 10.4. The number of rotatable bonds is 3. The number of nitrogens with zero attached hydrogens (tertiary/aromatic N) is 1. The molecule has 0 heterocycles. The van der Waals surface area contributed by atoms with Gasteiger partial charge >= 0.3 is 12.1 Å². The van der Waals surface area contributed by atoms with Gasteiger partial charge in [-0.2, -0.15) is 5.01 Å². The van der Waals surface area contributed by atoms with Gasteiger partial charge < -0.3 is 4.74 Å². The maximum Gasteiger partial charge on any atom is 0.432 e. The van der Waals surface area contributed by atoms with Crippen LogP contribution in [0.5, 0.6) is 0 Å². The SMILES string of the molecule is CCCCOC(=O)N(N)C(=O)NN. The lowest BCUT2D eigenvalue weighted by Gasteiger charge is -2.13. The molecule has 0 aliphatic rings. The van der Waals surface area contributed by atoms with E-state index in [-0.39, 0.29) is 11.6 Å². The highest BCUT2D eigenvalue weighted by Crippen LogP contribution is 1.92. The van der Waals surface area contributed by atoms with Crippen LogP contribution in [0.4, 0.5) is 9.59 Å². The lowest BCUT2D eigenvalue weighted by molar-refractivity contribution is 0.108. The number of hydrogen-bond donors (Lipinski definition) is 3. The summed E-state index contributed by atoms with van der Waals surface area (Å²) in [7, 11) is 0. The third-order valence-corrected chi connectivity index (χ3v) is 1.26. The molecule has 0 atom stereocenters. The van der Waals surface area contributed by atoms with Gasteiger partial charge in [0.05, 0.1) is 6.61 Å². The maximum atomic E-state index is 10.9. The molecule has 0 rings (SSSR count). The predicted octanol–water partition coefficient (Wildman–Crippen LogP) is -0.318. The summed E-state index contributed by atoms with van der Waals surface area (Å²) in [4.78, 5) is 21.5. The average molecular weight is 190 g/mol. The van der Waals surface area contributed by atoms with E-state index >= 15 is 0 Å². The molecule has 0 aromatic carbocycles. The van der Waals surface area contributed by atoms with E-state index in [1.54, 1.807) is 5.43 Å². The normalized spacial score (nSPS) is 9.15. The van der Waals surface area contributed by atoms with Gasteiger partial charge in [0.15, 0.2) is 0 Å². The summed E-state index contributed by atoms with van der Waals surface area (Å²) in [6, 6.07) is -0.915. The van der Waals surface area contributed by atoms with Gasteiger partial charge in [-0.05, 0) is 6.42 Å². The van der Waals surface area contributed by atoms with Crippen LogP contribution in [-0.2, 0) is 4.74 Å². The van der Waals surface area contributed by atoms with Gasteiger partial charge in [0.1, 0.15) is 0 Å². The second-order valence-corrected chi connectivity index (χ2v) is 2.29. The highest BCUT2D eigenvalue weighted by Gasteiger charge is 2.17. The van der Waals surface area contributed by atoms with E-state index in [4.69, 9.17) is 11.7 Å². The van der Waals surface area contributed by atoms with Crippen LogP contribution in [-0.4, -0.2) is 23.7 Å². The quantitative estimate of drug-likeness (QED) is 0.244. The number of urea groups is 1. The molecule has 0 aromatic heterocycles. The first-order valence-electron chi connectivity index (χ1n) is 3.85. The Kier molecular flexibility index (Phi) is 5.57. The number of unbranched alkanes of at least 4 members (excludes halogenated alkanes) is 1. The Morgan fingerprint density at radius 1 is 1.54 bits per heavy atom. The van der Waals surface area contributed by atoms with E-state index in [2.05, 4.69) is 4.74 Å². The molecule has 76 valence electrons. The first kappa shape index (κ1) is 11.7. The minimum absolute atomic E-state index is 0.237. The Morgan fingerprint density at radius 3 is 2.62 bits per heavy atom. The Hall–Kier alpha value is -1.34. The predicted molar refractivity (Wildman–Crippen MR) is 45.0 cm³/mol. The Bertz CT molecular complexity index is 185. The molecule has 0 bridgehead atoms. The van der Waals surface area contributed by atoms with Crippen LogP contribution in [0.1, 0.15) is 19.8 Å². The van der Waals surface area contributed by atoms with Gasteiger partial charge in [0.2, 0.25) is 0 Å². The third-order valence-electron chi connectivity index (χ3n) is 1.26. The highest BCUT2D eigenvalue weighted by atomic mass is 16.6. The van der Waals surface area contributed by atoms with E-state index in [9.17, 15) is 9.59 Å². The topological polar surface area (TPSA) is 111 Å². The maximum absolute atomic E-state index is 10.9. The number of hydrazine groups is 2. The van der Waals surface area contributed by atoms with Crippen molar-refractivity contribution in [3.05, 3.63) is 0 Å². The first-order valence-corrected chi connectivity index (χ1v) is 3.85. The molecule has 7 nitrogen and oxygen atoms in total. The number of ether oxygens (including phenoxy) is 1. The average Bonchev–Trinajstić information content (AvgIpc) is 2.15. The second-order valence-electron chi connectivity index (χ2n) is 2.29. The Morgan fingerprint density at radius 2 is 2.15 bits per heavy atom. The summed E-state index contributed by atoms with van der Waals surface area (Å²) >= 11 is 0. The third kappa shape index (κ3) is 4.28. The molecule has 0 unspecified atom stereocenters. The van der Waals surface area contributed by atoms with Crippen LogP contribution in [0.3, 0.4) is 0 Å². The van der Waals surface area contributed by atoms with Crippen LogP contribution < -0.4 is 17.1 Å². The molecule has 0 aromatic rings. The minimum atomic E-state index is -0.920. The van der Waals surface area contributed by atoms with Crippen molar-refractivity contribution in [3.63, 3.8) is 0 Å². The summed E-state index contributed by atoms with van der Waals surface area (Å²) in [5.74, 6) is 9.76. The van der Waals surface area contributed by atoms with Crippen molar-refractivity contribution < 1.29 is 14.3 Å². The van der Waals surface area contributed by atoms with Crippen molar-refractivity contribution in [2.45, 2.75) is 19.8 Å². The molecule has 13 heavy (non-hydrogen) atoms. The molecule has 0 aliphatic carbocycles. The van der Waals surface area contributed by atoms with Gasteiger partial charge in [-0.15, -0.1) is 0 Å². The fraction of sp³-hybridized carbons (Fsp3) is 0.667. The number of carbonyl (C=O) groups is 2. The van der Waals surface area contributed by atoms with E-state index < -0.39 is 12.1 Å². The lowest BCUT2D eigenvalue weighted by Crippen LogP contribution is -2.50. The van der Waals surface area contributed by atoms with Crippen LogP contribution in [0.15, 0.2) is 0 Å². The van der Waals surface area contributed by atoms with Crippen LogP contribution >= 0.6 is 0 Å². The number of hydrogen-bond acceptors (Lipinski definition) is 5. The summed E-state index contributed by atoms with van der Waals surface area (Å²) in [6.45, 7) is 2.18. The van der Waals surface area contributed by atoms with Gasteiger partial charge in [0.25, 0.3) is 0 Å². The van der Waals surface area contributed by atoms with Crippen LogP contribution in [0.2, 0.25) is 0 Å². The summed E-state index contributed by atoms with van der Waals surface area (Å²) in [6.07, 6.45) is 0.696. The summed E-state index contributed by atoms with van der Waals surface area (Å²) in [5, 5.41) is 0.273. The van der Waals surface area contributed by atoms with E-state index in [1.165, 1.54) is 0 Å². The van der Waals surface area contributed by atoms with Gasteiger partial charge in [0, 0.05) is 0 Å². The monoisotopic (exact) mass is 190 g/mol. The molecule has 7 heteroatoms. The largest absolute Gasteiger partial charge is 0.448 e. The van der Waals surface area contributed by atoms with Crippen molar-refractivity contribution in [3.8, 4) is 0 Å². The standard InChI is InChI=1S/C6H14N4O3/c1-2-3-4-13-6(12)10(8)5(11)9-7/h2-4,7-8H2,1H3,(H,9,11). The minimum Gasteiger partial charge on any atom is -0.448 e. The number of nitrogens with one attached hydrogen (secondary N) is 1. The smallest absolute Gasteiger partial charge is 0.432 e. The van der Waals surface area contributed by atoms with Crippen molar-refractivity contribution in [1.82, 2.24) is 10.4 Å². The summed E-state index contributed by atoms with van der Waals surface area (Å²) in [5.41, 5.74) is 1.70. The van der Waals surface area contributed by atoms with Gasteiger partial charge in [-0.3, -0.25) is 5.43 Å². The number of imide groups is 1. The second kappa shape index (κ2) is 6.21. The number of carbonyl (C=O) groups excluding carboxylic acids is 2. The number of amides is 3. The number of nitrogens with two attached hydrogens (primary N) is 2. The van der Waals surface area contributed by atoms with E-state index in [0.717, 1.165) is 12.8 Å². The van der Waals surface area contributed by atoms with Crippen molar-refractivity contribution in [2.24, 2.45) is 11.7 Å². The molecule has 3 amide bonds. The Balaban J connectivity index is 3.76. The fourth-order valence-corrected chi connectivity index (χ4v) is 0.526. The van der Waals surface area contributed by atoms with Crippen LogP contribution in [0.25, 0.3) is 0 Å². The molecule has 5 N–H and O–H groups in total. The molecule has 0 saturated heterocycles. The first-order chi connectivity index (χ1) is 6.13. The zero-order chi connectivity index (χ0) is 10.3. The van der Waals surface area contributed by atoms with Gasteiger partial charge in [-0.25, -0.2) is 21.3 Å². The highest BCUT2D eigenvalue weighted by molar-refractivity contribution is 5.89. The van der Waals surface area contributed by atoms with Crippen LogP contribution in [0, 0.1) is 0 Å². The molecular weight excluding hydrogens is 176 g/mol. The molecule has 0 radical (unpaired) electrons. The molecule has 0 saturated carbocycles. The van der Waals surface area contributed by atoms with Crippen molar-refractivity contribution >= 4 is 12.1 Å². The zero-order valence-corrected chi connectivity index (χ0v) is 7.45. The fourth-order valence-electron chi connectivity index (χ4n) is 0.526. The Labute approximate surface area is 75.9 Å². The van der Waals surface area contributed by atoms with Crippen molar-refractivity contribution in [2.75, 3.05) is 6.61 Å². The van der Waals surface area contributed by atoms with Crippen molar-refractivity contribution in [1.29, 1.82) is 0 Å². The van der Waals surface area contributed by atoms with Gasteiger partial charge in [-0.1, -0.05) is 13.3 Å². The zero-order valence-electron chi connectivity index (χ0n) is 7.45. The molecule has 0 fully saturated rings. The molecule has 0 spiro atoms. The summed E-state index contributed by atoms with van der Waals surface area (Å²) < 4.78 is 4.61. The molecular formula is C6H14N4O3.